The number of phosphoric ester groups is 1. The quantitative estimate of drug-likeness (QED) is 0.0147. The monoisotopic (exact) mass is 891 g/mol. The lowest BCUT2D eigenvalue weighted by molar-refractivity contribution is -0.220. The van der Waals surface area contributed by atoms with Crippen LogP contribution in [0, 0.1) is 0 Å². The Morgan fingerprint density at radius 3 is 1.38 bits per heavy atom. The topological polar surface area (TPSA) is 210 Å². The first-order valence-electron chi connectivity index (χ1n) is 24.1. The van der Waals surface area contributed by atoms with Crippen LogP contribution in [0.5, 0.6) is 0 Å². The van der Waals surface area contributed by atoms with Crippen LogP contribution in [0.15, 0.2) is 24.3 Å². The predicted molar refractivity (Wildman–Crippen MR) is 240 cm³/mol. The van der Waals surface area contributed by atoms with Crippen LogP contribution in [0.25, 0.3) is 0 Å². The van der Waals surface area contributed by atoms with Crippen molar-refractivity contribution in [2.24, 2.45) is 0 Å². The van der Waals surface area contributed by atoms with E-state index in [1.807, 2.05) is 0 Å². The lowest BCUT2D eigenvalue weighted by atomic mass is 9.85. The Kier molecular flexibility index (Phi) is 35.4. The fourth-order valence-corrected chi connectivity index (χ4v) is 8.34. The van der Waals surface area contributed by atoms with Gasteiger partial charge in [0.2, 0.25) is 0 Å². The van der Waals surface area contributed by atoms with Crippen molar-refractivity contribution >= 4 is 19.8 Å². The fraction of sp³-hybridized carbons (Fsp3) is 0.872. The molecule has 14 heteroatoms. The Morgan fingerprint density at radius 1 is 0.508 bits per heavy atom. The van der Waals surface area contributed by atoms with Gasteiger partial charge >= 0.3 is 19.8 Å². The van der Waals surface area contributed by atoms with Crippen LogP contribution < -0.4 is 0 Å². The normalized spacial score (nSPS) is 22.2. The second kappa shape index (κ2) is 37.7. The minimum Gasteiger partial charge on any atom is -0.462 e. The molecule has 0 saturated heterocycles. The van der Waals surface area contributed by atoms with Crippen molar-refractivity contribution in [3.63, 3.8) is 0 Å². The first-order chi connectivity index (χ1) is 29.4. The van der Waals surface area contributed by atoms with E-state index in [4.69, 9.17) is 18.5 Å². The molecule has 0 spiro atoms. The first kappa shape index (κ1) is 57.3. The minimum absolute atomic E-state index is 0.0981. The van der Waals surface area contributed by atoms with Gasteiger partial charge in [-0.25, -0.2) is 4.57 Å². The Labute approximate surface area is 368 Å². The van der Waals surface area contributed by atoms with Crippen LogP contribution >= 0.6 is 7.82 Å². The molecular weight excluding hydrogens is 803 g/mol. The molecule has 1 aliphatic rings. The van der Waals surface area contributed by atoms with E-state index in [1.54, 1.807) is 0 Å². The maximum atomic E-state index is 12.8. The zero-order chi connectivity index (χ0) is 45.0. The van der Waals surface area contributed by atoms with E-state index in [0.717, 1.165) is 64.2 Å². The summed E-state index contributed by atoms with van der Waals surface area (Å²) in [4.78, 5) is 35.7. The summed E-state index contributed by atoms with van der Waals surface area (Å²) in [5.74, 6) is -1.11. The highest BCUT2D eigenvalue weighted by Crippen LogP contribution is 2.47. The standard InChI is InChI=1S/C47H87O13P/c1-3-5-7-9-11-13-15-17-19-20-21-22-24-26-28-30-32-34-36-41(49)59-39(38-58-61(55,56)60-47-45(53)43(51)42(50)44(52)46(47)54)37-57-40(48)35-33-31-29-27-25-23-18-16-14-12-10-8-6-4-2/h10,12,16,18,39,42-47,50-54H,3-9,11,13-15,17,19-38H2,1-2H3,(H,55,56)/b12-10+,18-16+/t39-,42?,43-,44?,45?,46?,47?/m1/s1. The smallest absolute Gasteiger partial charge is 0.462 e. The summed E-state index contributed by atoms with van der Waals surface area (Å²) in [6.07, 6.45) is 28.0. The highest BCUT2D eigenvalue weighted by atomic mass is 31.2. The number of carbonyl (C=O) groups excluding carboxylic acids is 2. The number of unbranched alkanes of at least 4 members (excludes halogenated alkanes) is 24. The van der Waals surface area contributed by atoms with Crippen molar-refractivity contribution in [1.29, 1.82) is 0 Å². The van der Waals surface area contributed by atoms with Gasteiger partial charge in [-0.1, -0.05) is 179 Å². The maximum Gasteiger partial charge on any atom is 0.472 e. The largest absolute Gasteiger partial charge is 0.472 e. The fourth-order valence-electron chi connectivity index (χ4n) is 7.36. The van der Waals surface area contributed by atoms with E-state index in [9.17, 15) is 44.6 Å². The van der Waals surface area contributed by atoms with Gasteiger partial charge < -0.3 is 39.9 Å². The van der Waals surface area contributed by atoms with E-state index in [0.29, 0.717) is 12.8 Å². The number of carbonyl (C=O) groups is 2. The number of hydrogen-bond acceptors (Lipinski definition) is 12. The second-order valence-corrected chi connectivity index (χ2v) is 18.4. The van der Waals surface area contributed by atoms with E-state index < -0.39 is 75.7 Å². The van der Waals surface area contributed by atoms with Gasteiger partial charge in [-0.3, -0.25) is 18.6 Å². The van der Waals surface area contributed by atoms with Crippen molar-refractivity contribution in [2.75, 3.05) is 13.2 Å². The number of hydrogen-bond donors (Lipinski definition) is 6. The number of rotatable bonds is 40. The molecule has 0 amide bonds. The van der Waals surface area contributed by atoms with E-state index in [1.165, 1.54) is 103 Å². The molecule has 0 aromatic carbocycles. The lowest BCUT2D eigenvalue weighted by Crippen LogP contribution is -2.64. The van der Waals surface area contributed by atoms with Crippen molar-refractivity contribution in [3.05, 3.63) is 24.3 Å². The molecule has 358 valence electrons. The number of ether oxygens (including phenoxy) is 2. The molecule has 1 saturated carbocycles. The van der Waals surface area contributed by atoms with Gasteiger partial charge in [0.05, 0.1) is 6.61 Å². The van der Waals surface area contributed by atoms with E-state index >= 15 is 0 Å². The van der Waals surface area contributed by atoms with Gasteiger partial charge in [-0.2, -0.15) is 0 Å². The van der Waals surface area contributed by atoms with Crippen molar-refractivity contribution in [2.45, 2.75) is 249 Å². The first-order valence-corrected chi connectivity index (χ1v) is 25.6. The molecule has 0 aliphatic heterocycles. The highest BCUT2D eigenvalue weighted by Gasteiger charge is 2.51. The third kappa shape index (κ3) is 30.2. The summed E-state index contributed by atoms with van der Waals surface area (Å²) in [6, 6.07) is 0. The van der Waals surface area contributed by atoms with Gasteiger partial charge in [0.25, 0.3) is 0 Å². The number of allylic oxidation sites excluding steroid dienone is 4. The SMILES string of the molecule is CCCC/C=C/C/C=C/CCCCCCCC(=O)OC[C@H](COP(=O)(O)OC1C(O)C(O)C(O)[C@@H](O)C1O)OC(=O)CCCCCCCCCCCCCCCCCCCC. The molecule has 0 bridgehead atoms. The third-order valence-electron chi connectivity index (χ3n) is 11.3. The Balaban J connectivity index is 2.43. The molecule has 0 aromatic rings. The Bertz CT molecular complexity index is 1170. The van der Waals surface area contributed by atoms with Gasteiger partial charge in [-0.05, 0) is 38.5 Å². The summed E-state index contributed by atoms with van der Waals surface area (Å²) in [7, 11) is -5.12. The molecule has 0 aromatic heterocycles. The van der Waals surface area contributed by atoms with E-state index in [2.05, 4.69) is 38.2 Å². The molecule has 13 nitrogen and oxygen atoms in total. The molecular formula is C47H87O13P. The maximum absolute atomic E-state index is 12.8. The molecule has 0 radical (unpaired) electrons. The molecule has 1 aliphatic carbocycles. The number of aliphatic hydroxyl groups is 5. The van der Waals surface area contributed by atoms with Crippen molar-refractivity contribution < 1.29 is 63.1 Å². The third-order valence-corrected chi connectivity index (χ3v) is 12.3. The summed E-state index contributed by atoms with van der Waals surface area (Å²) in [5.41, 5.74) is 0. The summed E-state index contributed by atoms with van der Waals surface area (Å²) >= 11 is 0. The van der Waals surface area contributed by atoms with Crippen LogP contribution in [0.2, 0.25) is 0 Å². The summed E-state index contributed by atoms with van der Waals surface area (Å²) < 4.78 is 33.6. The molecule has 6 unspecified atom stereocenters. The number of phosphoric acid groups is 1. The van der Waals surface area contributed by atoms with Gasteiger partial charge in [0.1, 0.15) is 43.2 Å². The number of aliphatic hydroxyl groups excluding tert-OH is 5. The highest BCUT2D eigenvalue weighted by molar-refractivity contribution is 7.47. The molecule has 1 rings (SSSR count). The van der Waals surface area contributed by atoms with Gasteiger partial charge in [0, 0.05) is 12.8 Å². The van der Waals surface area contributed by atoms with Crippen LogP contribution in [0.4, 0.5) is 0 Å². The summed E-state index contributed by atoms with van der Waals surface area (Å²) in [6.45, 7) is 3.27. The van der Waals surface area contributed by atoms with Crippen LogP contribution in [0.1, 0.15) is 206 Å². The lowest BCUT2D eigenvalue weighted by Gasteiger charge is -2.41. The van der Waals surface area contributed by atoms with Crippen LogP contribution in [0.3, 0.4) is 0 Å². The average Bonchev–Trinajstić information content (AvgIpc) is 3.24. The molecule has 6 N–H and O–H groups in total. The molecule has 8 atom stereocenters. The van der Waals surface area contributed by atoms with Gasteiger partial charge in [-0.15, -0.1) is 0 Å². The second-order valence-electron chi connectivity index (χ2n) is 17.0. The Morgan fingerprint density at radius 2 is 0.902 bits per heavy atom. The van der Waals surface area contributed by atoms with Crippen LogP contribution in [-0.2, 0) is 32.7 Å². The zero-order valence-electron chi connectivity index (χ0n) is 38.0. The van der Waals surface area contributed by atoms with Gasteiger partial charge in [0.15, 0.2) is 6.10 Å². The van der Waals surface area contributed by atoms with Crippen LogP contribution in [-0.4, -0.2) is 98.3 Å². The minimum atomic E-state index is -5.12. The Hall–Kier alpha value is -1.67. The zero-order valence-corrected chi connectivity index (χ0v) is 38.9. The summed E-state index contributed by atoms with van der Waals surface area (Å²) in [5, 5.41) is 50.2. The molecule has 0 heterocycles. The van der Waals surface area contributed by atoms with Crippen molar-refractivity contribution in [1.82, 2.24) is 0 Å². The van der Waals surface area contributed by atoms with Crippen molar-refractivity contribution in [3.8, 4) is 0 Å². The predicted octanol–water partition coefficient (Wildman–Crippen LogP) is 9.62. The average molecular weight is 891 g/mol. The molecule has 61 heavy (non-hydrogen) atoms. The van der Waals surface area contributed by atoms with E-state index in [-0.39, 0.29) is 12.8 Å². The molecule has 1 fully saturated rings. The number of esters is 2.